The number of nitrogens with one attached hydrogen (secondary N) is 1. The molecular formula is C9H14N2S. The first kappa shape index (κ1) is 8.05. The molecule has 0 unspecified atom stereocenters. The van der Waals surface area contributed by atoms with Crippen LogP contribution in [0, 0.1) is 18.3 Å². The smallest absolute Gasteiger partial charge is 0.182 e. The summed E-state index contributed by atoms with van der Waals surface area (Å²) in [6, 6.07) is 0. The van der Waals surface area contributed by atoms with E-state index in [0.29, 0.717) is 4.80 Å². The molecule has 1 heterocycles. The predicted octanol–water partition coefficient (Wildman–Crippen LogP) is 2.14. The molecule has 0 amide bonds. The Labute approximate surface area is 76.4 Å². The molecule has 66 valence electrons. The molecule has 3 heteroatoms. The minimum Gasteiger partial charge on any atom is -0.324 e. The predicted molar refractivity (Wildman–Crippen MR) is 50.2 cm³/mol. The summed E-state index contributed by atoms with van der Waals surface area (Å²) in [5.74, 6) is 0.855. The molecule has 0 aliphatic heterocycles. The van der Waals surface area contributed by atoms with Gasteiger partial charge in [0.05, 0.1) is 0 Å². The molecular weight excluding hydrogens is 168 g/mol. The average molecular weight is 182 g/mol. The molecule has 0 aromatic carbocycles. The fraction of sp³-hybridized carbons (Fsp3) is 0.667. The van der Waals surface area contributed by atoms with Gasteiger partial charge in [-0.3, -0.25) is 5.41 Å². The molecule has 1 aliphatic rings. The Hall–Kier alpha value is -0.570. The van der Waals surface area contributed by atoms with E-state index in [2.05, 4.69) is 17.7 Å². The van der Waals surface area contributed by atoms with E-state index in [1.54, 1.807) is 11.3 Å². The highest BCUT2D eigenvalue weighted by Crippen LogP contribution is 2.27. The first-order valence-corrected chi connectivity index (χ1v) is 5.29. The number of rotatable bonds is 2. The molecule has 1 fully saturated rings. The Morgan fingerprint density at radius 2 is 2.42 bits per heavy atom. The van der Waals surface area contributed by atoms with Crippen LogP contribution in [0.4, 0.5) is 0 Å². The first-order valence-electron chi connectivity index (χ1n) is 4.47. The van der Waals surface area contributed by atoms with Gasteiger partial charge in [-0.2, -0.15) is 0 Å². The topological polar surface area (TPSA) is 28.8 Å². The molecule has 2 nitrogen and oxygen atoms in total. The lowest BCUT2D eigenvalue weighted by Crippen LogP contribution is -2.23. The largest absolute Gasteiger partial charge is 0.324 e. The Kier molecular flexibility index (Phi) is 2.05. The molecule has 0 spiro atoms. The lowest BCUT2D eigenvalue weighted by Gasteiger charge is -2.25. The monoisotopic (exact) mass is 182 g/mol. The Morgan fingerprint density at radius 1 is 1.67 bits per heavy atom. The van der Waals surface area contributed by atoms with Crippen LogP contribution < -0.4 is 4.80 Å². The zero-order valence-electron chi connectivity index (χ0n) is 7.34. The normalized spacial score (nSPS) is 17.8. The molecule has 1 aromatic rings. The molecule has 0 radical (unpaired) electrons. The first-order chi connectivity index (χ1) is 5.75. The van der Waals surface area contributed by atoms with Gasteiger partial charge in [0.1, 0.15) is 0 Å². The fourth-order valence-corrected chi connectivity index (χ4v) is 2.33. The third kappa shape index (κ3) is 1.46. The Bertz CT molecular complexity index is 320. The van der Waals surface area contributed by atoms with Gasteiger partial charge in [-0.1, -0.05) is 6.42 Å². The molecule has 2 rings (SSSR count). The van der Waals surface area contributed by atoms with Gasteiger partial charge in [-0.25, -0.2) is 0 Å². The van der Waals surface area contributed by atoms with Gasteiger partial charge in [-0.05, 0) is 25.7 Å². The van der Waals surface area contributed by atoms with Crippen LogP contribution in [-0.4, -0.2) is 4.57 Å². The number of aromatic nitrogens is 1. The third-order valence-electron chi connectivity index (χ3n) is 2.54. The summed E-state index contributed by atoms with van der Waals surface area (Å²) >= 11 is 1.58. The van der Waals surface area contributed by atoms with Crippen molar-refractivity contribution in [3.63, 3.8) is 0 Å². The van der Waals surface area contributed by atoms with E-state index in [1.807, 2.05) is 0 Å². The van der Waals surface area contributed by atoms with Gasteiger partial charge in [0.15, 0.2) is 4.80 Å². The standard InChI is InChI=1S/C9H14N2S/c1-7-5-11(9(10)12-7)6-8-3-2-4-8/h5,8,10H,2-4,6H2,1H3. The summed E-state index contributed by atoms with van der Waals surface area (Å²) in [5, 5.41) is 7.67. The second-order valence-corrected chi connectivity index (χ2v) is 4.83. The van der Waals surface area contributed by atoms with Crippen LogP contribution in [0.1, 0.15) is 24.1 Å². The number of hydrogen-bond acceptors (Lipinski definition) is 2. The van der Waals surface area contributed by atoms with Crippen LogP contribution in [0.5, 0.6) is 0 Å². The van der Waals surface area contributed by atoms with Gasteiger partial charge in [-0.15, -0.1) is 11.3 Å². The minimum atomic E-state index is 0.708. The maximum Gasteiger partial charge on any atom is 0.182 e. The second-order valence-electron chi connectivity index (χ2n) is 3.60. The summed E-state index contributed by atoms with van der Waals surface area (Å²) in [5.41, 5.74) is 0. The zero-order valence-corrected chi connectivity index (χ0v) is 8.16. The minimum absolute atomic E-state index is 0.708. The van der Waals surface area contributed by atoms with Crippen molar-refractivity contribution in [1.29, 1.82) is 5.41 Å². The van der Waals surface area contributed by atoms with E-state index >= 15 is 0 Å². The Morgan fingerprint density at radius 3 is 2.83 bits per heavy atom. The molecule has 12 heavy (non-hydrogen) atoms. The van der Waals surface area contributed by atoms with Crippen LogP contribution in [0.2, 0.25) is 0 Å². The van der Waals surface area contributed by atoms with E-state index in [9.17, 15) is 0 Å². The third-order valence-corrected chi connectivity index (χ3v) is 3.39. The molecule has 0 atom stereocenters. The van der Waals surface area contributed by atoms with Gasteiger partial charge >= 0.3 is 0 Å². The van der Waals surface area contributed by atoms with Crippen LogP contribution >= 0.6 is 11.3 Å². The fourth-order valence-electron chi connectivity index (χ4n) is 1.60. The summed E-state index contributed by atoms with van der Waals surface area (Å²) in [6.45, 7) is 3.14. The number of nitrogens with zero attached hydrogens (tertiary/aromatic N) is 1. The van der Waals surface area contributed by atoms with Crippen LogP contribution in [0.25, 0.3) is 0 Å². The summed E-state index contributed by atoms with van der Waals surface area (Å²) < 4.78 is 2.09. The lowest BCUT2D eigenvalue weighted by atomic mass is 9.85. The number of hydrogen-bond donors (Lipinski definition) is 1. The SMILES string of the molecule is Cc1cn(CC2CCC2)c(=N)s1. The molecule has 1 aliphatic carbocycles. The molecule has 1 N–H and O–H groups in total. The summed E-state index contributed by atoms with van der Waals surface area (Å²) in [6.07, 6.45) is 6.22. The van der Waals surface area contributed by atoms with Crippen molar-refractivity contribution < 1.29 is 0 Å². The highest BCUT2D eigenvalue weighted by Gasteiger charge is 2.17. The Balaban J connectivity index is 2.11. The van der Waals surface area contributed by atoms with E-state index in [4.69, 9.17) is 5.41 Å². The quantitative estimate of drug-likeness (QED) is 0.726. The second kappa shape index (κ2) is 3.05. The summed E-state index contributed by atoms with van der Waals surface area (Å²) in [4.78, 5) is 1.96. The molecule has 0 saturated heterocycles. The van der Waals surface area contributed by atoms with Gasteiger partial charge < -0.3 is 4.57 Å². The van der Waals surface area contributed by atoms with Crippen molar-refractivity contribution in [2.75, 3.05) is 0 Å². The lowest BCUT2D eigenvalue weighted by molar-refractivity contribution is 0.274. The van der Waals surface area contributed by atoms with E-state index in [0.717, 1.165) is 12.5 Å². The number of aryl methyl sites for hydroxylation is 1. The van der Waals surface area contributed by atoms with E-state index in [-0.39, 0.29) is 0 Å². The van der Waals surface area contributed by atoms with Crippen LogP contribution in [-0.2, 0) is 6.54 Å². The highest BCUT2D eigenvalue weighted by molar-refractivity contribution is 7.09. The maximum atomic E-state index is 7.67. The summed E-state index contributed by atoms with van der Waals surface area (Å²) in [7, 11) is 0. The van der Waals surface area contributed by atoms with Crippen molar-refractivity contribution in [2.24, 2.45) is 5.92 Å². The van der Waals surface area contributed by atoms with Crippen molar-refractivity contribution in [1.82, 2.24) is 4.57 Å². The van der Waals surface area contributed by atoms with E-state index < -0.39 is 0 Å². The highest BCUT2D eigenvalue weighted by atomic mass is 32.1. The molecule has 1 aromatic heterocycles. The van der Waals surface area contributed by atoms with Crippen molar-refractivity contribution in [3.8, 4) is 0 Å². The van der Waals surface area contributed by atoms with Gasteiger partial charge in [0, 0.05) is 17.6 Å². The van der Waals surface area contributed by atoms with Gasteiger partial charge in [0.25, 0.3) is 0 Å². The van der Waals surface area contributed by atoms with Crippen LogP contribution in [0.3, 0.4) is 0 Å². The van der Waals surface area contributed by atoms with E-state index in [1.165, 1.54) is 24.1 Å². The van der Waals surface area contributed by atoms with Crippen molar-refractivity contribution >= 4 is 11.3 Å². The van der Waals surface area contributed by atoms with Crippen LogP contribution in [0.15, 0.2) is 6.20 Å². The number of thiazole rings is 1. The van der Waals surface area contributed by atoms with Gasteiger partial charge in [0.2, 0.25) is 0 Å². The maximum absolute atomic E-state index is 7.67. The molecule has 1 saturated carbocycles. The average Bonchev–Trinajstić information content (AvgIpc) is 2.21. The zero-order chi connectivity index (χ0) is 8.55. The van der Waals surface area contributed by atoms with Crippen molar-refractivity contribution in [3.05, 3.63) is 15.9 Å². The van der Waals surface area contributed by atoms with Crippen molar-refractivity contribution in [2.45, 2.75) is 32.7 Å². The molecule has 0 bridgehead atoms.